The predicted molar refractivity (Wildman–Crippen MR) is 86.8 cm³/mol. The van der Waals surface area contributed by atoms with Crippen LogP contribution in [0.1, 0.15) is 45.6 Å². The number of hydrogen-bond donors (Lipinski definition) is 1. The van der Waals surface area contributed by atoms with E-state index in [4.69, 9.17) is 11.6 Å². The van der Waals surface area contributed by atoms with Crippen molar-refractivity contribution >= 4 is 23.6 Å². The molecule has 0 saturated carbocycles. The molecule has 1 N–H and O–H groups in total. The third-order valence-corrected chi connectivity index (χ3v) is 3.47. The summed E-state index contributed by atoms with van der Waals surface area (Å²) in [7, 11) is 0. The van der Waals surface area contributed by atoms with Gasteiger partial charge < -0.3 is 5.32 Å². The average molecular weight is 294 g/mol. The van der Waals surface area contributed by atoms with E-state index in [0.29, 0.717) is 5.02 Å². The van der Waals surface area contributed by atoms with Gasteiger partial charge in [0.2, 0.25) is 5.91 Å². The second-order valence-electron chi connectivity index (χ2n) is 5.59. The Balaban J connectivity index is 2.38. The van der Waals surface area contributed by atoms with Gasteiger partial charge >= 0.3 is 0 Å². The Morgan fingerprint density at radius 1 is 1.25 bits per heavy atom. The number of benzene rings is 1. The first-order valence-corrected chi connectivity index (χ1v) is 7.60. The van der Waals surface area contributed by atoms with Crippen molar-refractivity contribution < 1.29 is 4.79 Å². The van der Waals surface area contributed by atoms with Crippen LogP contribution < -0.4 is 5.32 Å². The second-order valence-corrected chi connectivity index (χ2v) is 6.00. The molecule has 0 aliphatic rings. The highest BCUT2D eigenvalue weighted by Gasteiger charge is 2.05. The molecule has 1 aromatic rings. The number of hydrogen-bond acceptors (Lipinski definition) is 1. The molecule has 0 bridgehead atoms. The fourth-order valence-electron chi connectivity index (χ4n) is 1.97. The van der Waals surface area contributed by atoms with E-state index in [0.717, 1.165) is 24.3 Å². The summed E-state index contributed by atoms with van der Waals surface area (Å²) >= 11 is 6.03. The summed E-state index contributed by atoms with van der Waals surface area (Å²) in [5, 5.41) is 3.63. The van der Waals surface area contributed by atoms with Crippen LogP contribution in [0.5, 0.6) is 0 Å². The Morgan fingerprint density at radius 2 is 1.95 bits per heavy atom. The maximum absolute atomic E-state index is 11.8. The fraction of sp³-hybridized carbons (Fsp3) is 0.471. The van der Waals surface area contributed by atoms with Gasteiger partial charge in [0.15, 0.2) is 0 Å². The normalized spacial score (nSPS) is 12.8. The van der Waals surface area contributed by atoms with Crippen molar-refractivity contribution in [3.8, 4) is 0 Å². The molecule has 1 aromatic carbocycles. The van der Waals surface area contributed by atoms with Crippen LogP contribution in [0.2, 0.25) is 5.02 Å². The zero-order valence-electron chi connectivity index (χ0n) is 12.5. The Bertz CT molecular complexity index is 454. The lowest BCUT2D eigenvalue weighted by Gasteiger charge is -2.13. The molecule has 3 heteroatoms. The molecule has 1 rings (SSSR count). The fourth-order valence-corrected chi connectivity index (χ4v) is 2.17. The van der Waals surface area contributed by atoms with Crippen molar-refractivity contribution in [2.45, 2.75) is 46.1 Å². The van der Waals surface area contributed by atoms with E-state index in [-0.39, 0.29) is 11.9 Å². The lowest BCUT2D eigenvalue weighted by atomic mass is 10.0. The van der Waals surface area contributed by atoms with Crippen LogP contribution in [0.15, 0.2) is 30.3 Å². The first-order valence-electron chi connectivity index (χ1n) is 7.22. The van der Waals surface area contributed by atoms with Gasteiger partial charge in [-0.2, -0.15) is 0 Å². The third-order valence-electron chi connectivity index (χ3n) is 3.13. The molecule has 1 atom stereocenters. The first-order chi connectivity index (χ1) is 9.49. The lowest BCUT2D eigenvalue weighted by Crippen LogP contribution is -2.31. The highest BCUT2D eigenvalue weighted by Crippen LogP contribution is 2.16. The number of nitrogens with one attached hydrogen (secondary N) is 1. The Kier molecular flexibility index (Phi) is 7.38. The highest BCUT2D eigenvalue weighted by atomic mass is 35.5. The summed E-state index contributed by atoms with van der Waals surface area (Å²) in [6.45, 7) is 6.48. The van der Waals surface area contributed by atoms with Gasteiger partial charge in [0.1, 0.15) is 0 Å². The van der Waals surface area contributed by atoms with Crippen LogP contribution in [0.4, 0.5) is 0 Å². The topological polar surface area (TPSA) is 29.1 Å². The summed E-state index contributed by atoms with van der Waals surface area (Å²) < 4.78 is 0. The molecule has 20 heavy (non-hydrogen) atoms. The van der Waals surface area contributed by atoms with Gasteiger partial charge in [-0.25, -0.2) is 0 Å². The Hall–Kier alpha value is -1.28. The van der Waals surface area contributed by atoms with Crippen molar-refractivity contribution in [1.29, 1.82) is 0 Å². The minimum absolute atomic E-state index is 0.0676. The summed E-state index contributed by atoms with van der Waals surface area (Å²) in [6.07, 6.45) is 6.66. The monoisotopic (exact) mass is 293 g/mol. The Labute approximate surface area is 127 Å². The van der Waals surface area contributed by atoms with E-state index in [9.17, 15) is 4.79 Å². The molecule has 2 nitrogen and oxygen atoms in total. The van der Waals surface area contributed by atoms with E-state index in [1.807, 2.05) is 31.2 Å². The zero-order chi connectivity index (χ0) is 15.0. The molecule has 0 fully saturated rings. The van der Waals surface area contributed by atoms with Gasteiger partial charge in [-0.05, 0) is 37.0 Å². The Morgan fingerprint density at radius 3 is 2.60 bits per heavy atom. The van der Waals surface area contributed by atoms with E-state index >= 15 is 0 Å². The minimum Gasteiger partial charge on any atom is -0.350 e. The summed E-state index contributed by atoms with van der Waals surface area (Å²) in [5.74, 6) is 0.653. The number of amides is 1. The summed E-state index contributed by atoms with van der Waals surface area (Å²) in [5.41, 5.74) is 0.858. The van der Waals surface area contributed by atoms with Gasteiger partial charge in [-0.3, -0.25) is 4.79 Å². The molecule has 0 radical (unpaired) electrons. The number of carbonyl (C=O) groups excluding carboxylic acids is 1. The third kappa shape index (κ3) is 6.76. The van der Waals surface area contributed by atoms with Gasteiger partial charge in [-0.1, -0.05) is 56.5 Å². The van der Waals surface area contributed by atoms with Gasteiger partial charge in [0.25, 0.3) is 0 Å². The molecule has 0 aromatic heterocycles. The largest absolute Gasteiger partial charge is 0.350 e. The smallest absolute Gasteiger partial charge is 0.244 e. The molecular formula is C17H24ClNO. The van der Waals surface area contributed by atoms with Crippen LogP contribution in [0.25, 0.3) is 6.08 Å². The van der Waals surface area contributed by atoms with Crippen LogP contribution in [-0.2, 0) is 4.79 Å². The lowest BCUT2D eigenvalue weighted by molar-refractivity contribution is -0.117. The number of rotatable bonds is 7. The number of halogens is 1. The van der Waals surface area contributed by atoms with Crippen LogP contribution >= 0.6 is 11.6 Å². The first kappa shape index (κ1) is 16.8. The van der Waals surface area contributed by atoms with Gasteiger partial charge in [0, 0.05) is 17.1 Å². The van der Waals surface area contributed by atoms with Gasteiger partial charge in [0.05, 0.1) is 0 Å². The zero-order valence-corrected chi connectivity index (χ0v) is 13.3. The molecule has 0 aliphatic heterocycles. The maximum Gasteiger partial charge on any atom is 0.244 e. The molecule has 0 heterocycles. The predicted octanol–water partition coefficient (Wildman–Crippen LogP) is 4.68. The molecule has 110 valence electrons. The van der Waals surface area contributed by atoms with E-state index in [2.05, 4.69) is 19.2 Å². The minimum atomic E-state index is -0.0676. The second kappa shape index (κ2) is 8.80. The number of carbonyl (C=O) groups is 1. The summed E-state index contributed by atoms with van der Waals surface area (Å²) in [6, 6.07) is 7.68. The highest BCUT2D eigenvalue weighted by molar-refractivity contribution is 6.32. The van der Waals surface area contributed by atoms with E-state index in [1.165, 1.54) is 6.42 Å². The van der Waals surface area contributed by atoms with Crippen molar-refractivity contribution in [3.63, 3.8) is 0 Å². The van der Waals surface area contributed by atoms with E-state index in [1.54, 1.807) is 12.2 Å². The standard InChI is InChI=1S/C17H24ClNO/c1-13(2)7-6-8-14(3)19-17(20)12-11-15-9-4-5-10-16(15)18/h4-5,9-14H,6-8H2,1-3H3,(H,19,20)/b12-11+/t14-/m0/s1. The van der Waals surface area contributed by atoms with Gasteiger partial charge in [-0.15, -0.1) is 0 Å². The van der Waals surface area contributed by atoms with Crippen LogP contribution in [0.3, 0.4) is 0 Å². The average Bonchev–Trinajstić information content (AvgIpc) is 2.37. The molecule has 0 spiro atoms. The van der Waals surface area contributed by atoms with E-state index < -0.39 is 0 Å². The maximum atomic E-state index is 11.8. The van der Waals surface area contributed by atoms with Crippen molar-refractivity contribution in [3.05, 3.63) is 40.9 Å². The van der Waals surface area contributed by atoms with Crippen LogP contribution in [0, 0.1) is 5.92 Å². The quantitative estimate of drug-likeness (QED) is 0.726. The van der Waals surface area contributed by atoms with Crippen LogP contribution in [-0.4, -0.2) is 11.9 Å². The van der Waals surface area contributed by atoms with Crippen molar-refractivity contribution in [1.82, 2.24) is 5.32 Å². The SMILES string of the molecule is CC(C)CCC[C@H](C)NC(=O)/C=C/c1ccccc1Cl. The molecule has 0 saturated heterocycles. The molecule has 0 unspecified atom stereocenters. The molecule has 0 aliphatic carbocycles. The molecule has 1 amide bonds. The summed E-state index contributed by atoms with van der Waals surface area (Å²) in [4.78, 5) is 11.8. The van der Waals surface area contributed by atoms with Crippen molar-refractivity contribution in [2.75, 3.05) is 0 Å². The molecular weight excluding hydrogens is 270 g/mol. The van der Waals surface area contributed by atoms with Crippen molar-refractivity contribution in [2.24, 2.45) is 5.92 Å².